The predicted octanol–water partition coefficient (Wildman–Crippen LogP) is 2.86. The fourth-order valence-electron chi connectivity index (χ4n) is 2.63. The largest absolute Gasteiger partial charge is 0.493 e. The number of thiophene rings is 1. The van der Waals surface area contributed by atoms with Crippen LogP contribution in [0.4, 0.5) is 0 Å². The van der Waals surface area contributed by atoms with Crippen molar-refractivity contribution in [2.45, 2.75) is 31.9 Å². The maximum Gasteiger partial charge on any atom is 0.311 e. The van der Waals surface area contributed by atoms with Crippen LogP contribution in [0.2, 0.25) is 0 Å². The van der Waals surface area contributed by atoms with Gasteiger partial charge in [0, 0.05) is 12.0 Å². The Morgan fingerprint density at radius 1 is 1.38 bits per heavy atom. The van der Waals surface area contributed by atoms with Gasteiger partial charge in [0.2, 0.25) is 0 Å². The minimum Gasteiger partial charge on any atom is -0.493 e. The predicted molar refractivity (Wildman–Crippen MR) is 91.0 cm³/mol. The monoisotopic (exact) mass is 345 g/mol. The highest BCUT2D eigenvalue weighted by Crippen LogP contribution is 2.31. The van der Waals surface area contributed by atoms with Gasteiger partial charge >= 0.3 is 5.97 Å². The number of hydrogen-bond acceptors (Lipinski definition) is 5. The summed E-state index contributed by atoms with van der Waals surface area (Å²) in [6.45, 7) is 2.14. The van der Waals surface area contributed by atoms with E-state index in [-0.39, 0.29) is 18.4 Å². The molecule has 1 aromatic carbocycles. The van der Waals surface area contributed by atoms with Gasteiger partial charge in [0.15, 0.2) is 6.10 Å². The van der Waals surface area contributed by atoms with E-state index in [2.05, 4.69) is 5.32 Å². The molecule has 24 heavy (non-hydrogen) atoms. The Kier molecular flexibility index (Phi) is 5.15. The molecule has 0 saturated heterocycles. The molecule has 2 atom stereocenters. The van der Waals surface area contributed by atoms with Crippen LogP contribution < -0.4 is 10.1 Å². The molecule has 0 unspecified atom stereocenters. The van der Waals surface area contributed by atoms with Gasteiger partial charge in [0.1, 0.15) is 5.75 Å². The third-order valence-corrected chi connectivity index (χ3v) is 4.61. The molecule has 1 amide bonds. The molecular formula is C18H19NO4S. The van der Waals surface area contributed by atoms with Crippen molar-refractivity contribution in [3.05, 3.63) is 52.2 Å². The number of hydrogen-bond donors (Lipinski definition) is 1. The summed E-state index contributed by atoms with van der Waals surface area (Å²) in [7, 11) is 0. The summed E-state index contributed by atoms with van der Waals surface area (Å²) >= 11 is 1.52. The van der Waals surface area contributed by atoms with Gasteiger partial charge in [0.05, 0.1) is 19.1 Å². The van der Waals surface area contributed by atoms with Gasteiger partial charge in [-0.1, -0.05) is 18.2 Å². The quantitative estimate of drug-likeness (QED) is 0.847. The standard InChI is InChI=1S/C18H19NO4S/c1-12(23-17(20)10-13-7-9-24-11-13)18(21)19-15-6-8-22-16-5-3-2-4-14(15)16/h2-5,7,9,11-12,15H,6,8,10H2,1H3,(H,19,21)/t12-,15-/m1/s1. The van der Waals surface area contributed by atoms with Crippen LogP contribution in [0.1, 0.15) is 30.5 Å². The number of carbonyl (C=O) groups is 2. The van der Waals surface area contributed by atoms with Crippen molar-refractivity contribution >= 4 is 23.2 Å². The van der Waals surface area contributed by atoms with Crippen molar-refractivity contribution < 1.29 is 19.1 Å². The lowest BCUT2D eigenvalue weighted by atomic mass is 10.0. The van der Waals surface area contributed by atoms with E-state index in [1.165, 1.54) is 11.3 Å². The number of amides is 1. The number of para-hydroxylation sites is 1. The van der Waals surface area contributed by atoms with Crippen LogP contribution in [0.25, 0.3) is 0 Å². The Balaban J connectivity index is 1.56. The third-order valence-electron chi connectivity index (χ3n) is 3.88. The molecule has 2 aromatic rings. The Morgan fingerprint density at radius 3 is 3.00 bits per heavy atom. The van der Waals surface area contributed by atoms with Gasteiger partial charge in [0.25, 0.3) is 5.91 Å². The molecule has 1 aromatic heterocycles. The summed E-state index contributed by atoms with van der Waals surface area (Å²) in [5.41, 5.74) is 1.85. The van der Waals surface area contributed by atoms with Crippen molar-refractivity contribution in [3.63, 3.8) is 0 Å². The van der Waals surface area contributed by atoms with Crippen LogP contribution >= 0.6 is 11.3 Å². The smallest absolute Gasteiger partial charge is 0.311 e. The van der Waals surface area contributed by atoms with Gasteiger partial charge in [-0.05, 0) is 35.4 Å². The lowest BCUT2D eigenvalue weighted by Crippen LogP contribution is -2.39. The Morgan fingerprint density at radius 2 is 2.21 bits per heavy atom. The number of rotatable bonds is 5. The molecule has 0 radical (unpaired) electrons. The molecule has 1 aliphatic rings. The number of ether oxygens (including phenoxy) is 2. The Hall–Kier alpha value is -2.34. The molecular weight excluding hydrogens is 326 g/mol. The maximum atomic E-state index is 12.3. The second-order valence-electron chi connectivity index (χ2n) is 5.68. The zero-order chi connectivity index (χ0) is 16.9. The average Bonchev–Trinajstić information content (AvgIpc) is 3.08. The molecule has 2 heterocycles. The van der Waals surface area contributed by atoms with Crippen molar-refractivity contribution in [3.8, 4) is 5.75 Å². The summed E-state index contributed by atoms with van der Waals surface area (Å²) in [6, 6.07) is 9.38. The molecule has 1 N–H and O–H groups in total. The van der Waals surface area contributed by atoms with E-state index >= 15 is 0 Å². The fraction of sp³-hybridized carbons (Fsp3) is 0.333. The first-order chi connectivity index (χ1) is 11.6. The van der Waals surface area contributed by atoms with Crippen molar-refractivity contribution in [1.82, 2.24) is 5.32 Å². The van der Waals surface area contributed by atoms with Crippen molar-refractivity contribution in [1.29, 1.82) is 0 Å². The highest BCUT2D eigenvalue weighted by molar-refractivity contribution is 7.07. The lowest BCUT2D eigenvalue weighted by molar-refractivity contribution is -0.154. The van der Waals surface area contributed by atoms with Crippen LogP contribution in [0.3, 0.4) is 0 Å². The highest BCUT2D eigenvalue weighted by atomic mass is 32.1. The first-order valence-corrected chi connectivity index (χ1v) is 8.80. The van der Waals surface area contributed by atoms with Crippen LogP contribution in [0.15, 0.2) is 41.1 Å². The second-order valence-corrected chi connectivity index (χ2v) is 6.46. The SMILES string of the molecule is C[C@@H](OC(=O)Cc1ccsc1)C(=O)N[C@@H]1CCOc2ccccc21. The molecule has 0 fully saturated rings. The Bertz CT molecular complexity index is 714. The zero-order valence-corrected chi connectivity index (χ0v) is 14.2. The van der Waals surface area contributed by atoms with E-state index < -0.39 is 12.1 Å². The molecule has 1 aliphatic heterocycles. The van der Waals surface area contributed by atoms with E-state index in [9.17, 15) is 9.59 Å². The number of nitrogens with one attached hydrogen (secondary N) is 1. The van der Waals surface area contributed by atoms with Gasteiger partial charge in [-0.15, -0.1) is 0 Å². The summed E-state index contributed by atoms with van der Waals surface area (Å²) in [6.07, 6.45) is 0.0469. The lowest BCUT2D eigenvalue weighted by Gasteiger charge is -2.27. The first-order valence-electron chi connectivity index (χ1n) is 7.86. The van der Waals surface area contributed by atoms with Crippen LogP contribution in [-0.2, 0) is 20.7 Å². The average molecular weight is 345 g/mol. The molecule has 0 aliphatic carbocycles. The topological polar surface area (TPSA) is 64.6 Å². The molecule has 5 nitrogen and oxygen atoms in total. The van der Waals surface area contributed by atoms with E-state index in [1.54, 1.807) is 6.92 Å². The van der Waals surface area contributed by atoms with E-state index in [0.717, 1.165) is 16.9 Å². The van der Waals surface area contributed by atoms with Crippen LogP contribution in [-0.4, -0.2) is 24.6 Å². The van der Waals surface area contributed by atoms with Gasteiger partial charge in [-0.25, -0.2) is 0 Å². The number of benzene rings is 1. The summed E-state index contributed by atoms with van der Waals surface area (Å²) < 4.78 is 10.8. The first kappa shape index (κ1) is 16.5. The maximum absolute atomic E-state index is 12.3. The van der Waals surface area contributed by atoms with E-state index in [0.29, 0.717) is 13.0 Å². The van der Waals surface area contributed by atoms with Crippen molar-refractivity contribution in [2.75, 3.05) is 6.61 Å². The fourth-order valence-corrected chi connectivity index (χ4v) is 3.30. The van der Waals surface area contributed by atoms with Gasteiger partial charge < -0.3 is 14.8 Å². The molecule has 0 spiro atoms. The number of esters is 1. The summed E-state index contributed by atoms with van der Waals surface area (Å²) in [5, 5.41) is 6.74. The van der Waals surface area contributed by atoms with E-state index in [4.69, 9.17) is 9.47 Å². The van der Waals surface area contributed by atoms with Gasteiger partial charge in [-0.2, -0.15) is 11.3 Å². The van der Waals surface area contributed by atoms with Crippen LogP contribution in [0, 0.1) is 0 Å². The molecule has 3 rings (SSSR count). The molecule has 0 bridgehead atoms. The normalized spacial score (nSPS) is 17.3. The highest BCUT2D eigenvalue weighted by Gasteiger charge is 2.26. The van der Waals surface area contributed by atoms with Crippen LogP contribution in [0.5, 0.6) is 5.75 Å². The Labute approximate surface area is 144 Å². The van der Waals surface area contributed by atoms with Gasteiger partial charge in [-0.3, -0.25) is 9.59 Å². The number of carbonyl (C=O) groups excluding carboxylic acids is 2. The van der Waals surface area contributed by atoms with E-state index in [1.807, 2.05) is 41.1 Å². The van der Waals surface area contributed by atoms with Crippen molar-refractivity contribution in [2.24, 2.45) is 0 Å². The summed E-state index contributed by atoms with van der Waals surface area (Å²) in [4.78, 5) is 24.2. The minimum atomic E-state index is -0.828. The second kappa shape index (κ2) is 7.49. The summed E-state index contributed by atoms with van der Waals surface area (Å²) in [5.74, 6) is 0.0926. The molecule has 126 valence electrons. The third kappa shape index (κ3) is 3.94. The minimum absolute atomic E-state index is 0.125. The molecule has 6 heteroatoms. The number of fused-ring (bicyclic) bond motifs is 1. The zero-order valence-electron chi connectivity index (χ0n) is 13.4. The molecule has 0 saturated carbocycles.